The summed E-state index contributed by atoms with van der Waals surface area (Å²) < 4.78 is 32.2. The number of hydrogen-bond acceptors (Lipinski definition) is 5. The molecule has 0 aliphatic carbocycles. The van der Waals surface area contributed by atoms with Crippen molar-refractivity contribution >= 4 is 10.0 Å². The van der Waals surface area contributed by atoms with Gasteiger partial charge in [-0.1, -0.05) is 30.3 Å². The van der Waals surface area contributed by atoms with Crippen LogP contribution in [-0.4, -0.2) is 42.4 Å². The maximum absolute atomic E-state index is 12.6. The van der Waals surface area contributed by atoms with E-state index in [1.807, 2.05) is 30.3 Å². The van der Waals surface area contributed by atoms with Crippen molar-refractivity contribution < 1.29 is 13.2 Å². The molecule has 22 heavy (non-hydrogen) atoms. The van der Waals surface area contributed by atoms with Crippen molar-refractivity contribution in [3.8, 4) is 0 Å². The first-order valence-corrected chi connectivity index (χ1v) is 8.65. The molecule has 6 nitrogen and oxygen atoms in total. The molecule has 3 rings (SSSR count). The molecule has 1 fully saturated rings. The van der Waals surface area contributed by atoms with Gasteiger partial charge < -0.3 is 4.74 Å². The molecule has 1 aromatic carbocycles. The molecule has 0 radical (unpaired) electrons. The predicted octanol–water partition coefficient (Wildman–Crippen LogP) is 1.38. The van der Waals surface area contributed by atoms with Gasteiger partial charge in [-0.3, -0.25) is 9.97 Å². The number of aromatic nitrogens is 2. The Hall–Kier alpha value is -1.83. The molecule has 1 unspecified atom stereocenters. The standard InChI is InChI=1S/C15H17N3O3S/c19-22(20,12-13-4-2-1-3-5-13)18-8-9-21-15(11-18)14-10-16-6-7-17-14/h1-7,10,15H,8-9,11-12H2. The molecule has 1 atom stereocenters. The largest absolute Gasteiger partial charge is 0.369 e. The van der Waals surface area contributed by atoms with Crippen molar-refractivity contribution in [3.05, 3.63) is 60.2 Å². The van der Waals surface area contributed by atoms with Crippen LogP contribution >= 0.6 is 0 Å². The van der Waals surface area contributed by atoms with Crippen LogP contribution in [0.25, 0.3) is 0 Å². The monoisotopic (exact) mass is 319 g/mol. The van der Waals surface area contributed by atoms with Crippen molar-refractivity contribution in [2.75, 3.05) is 19.7 Å². The zero-order valence-electron chi connectivity index (χ0n) is 12.0. The number of hydrogen-bond donors (Lipinski definition) is 0. The third kappa shape index (κ3) is 3.49. The van der Waals surface area contributed by atoms with E-state index in [4.69, 9.17) is 4.74 Å². The first-order valence-electron chi connectivity index (χ1n) is 7.04. The first-order chi connectivity index (χ1) is 10.6. The van der Waals surface area contributed by atoms with Crippen LogP contribution < -0.4 is 0 Å². The Balaban J connectivity index is 1.74. The Morgan fingerprint density at radius 1 is 1.23 bits per heavy atom. The molecule has 1 aliphatic heterocycles. The van der Waals surface area contributed by atoms with Gasteiger partial charge in [-0.2, -0.15) is 4.31 Å². The summed E-state index contributed by atoms with van der Waals surface area (Å²) in [4.78, 5) is 8.20. The van der Waals surface area contributed by atoms with Gasteiger partial charge in [-0.05, 0) is 5.56 Å². The zero-order chi connectivity index (χ0) is 15.4. The van der Waals surface area contributed by atoms with Crippen LogP contribution in [0.2, 0.25) is 0 Å². The van der Waals surface area contributed by atoms with Crippen LogP contribution in [0.1, 0.15) is 17.4 Å². The van der Waals surface area contributed by atoms with E-state index in [0.29, 0.717) is 18.8 Å². The van der Waals surface area contributed by atoms with Crippen molar-refractivity contribution in [1.29, 1.82) is 0 Å². The molecule has 1 aromatic heterocycles. The highest BCUT2D eigenvalue weighted by Gasteiger charge is 2.31. The lowest BCUT2D eigenvalue weighted by Gasteiger charge is -2.31. The van der Waals surface area contributed by atoms with E-state index < -0.39 is 10.0 Å². The highest BCUT2D eigenvalue weighted by molar-refractivity contribution is 7.88. The molecule has 0 bridgehead atoms. The Kier molecular flexibility index (Phi) is 4.47. The number of benzene rings is 1. The average Bonchev–Trinajstić information content (AvgIpc) is 2.56. The minimum atomic E-state index is -3.37. The second-order valence-corrected chi connectivity index (χ2v) is 7.06. The van der Waals surface area contributed by atoms with Gasteiger partial charge in [-0.15, -0.1) is 0 Å². The van der Waals surface area contributed by atoms with Crippen molar-refractivity contribution in [1.82, 2.24) is 14.3 Å². The number of nitrogens with zero attached hydrogens (tertiary/aromatic N) is 3. The Morgan fingerprint density at radius 2 is 2.05 bits per heavy atom. The molecular formula is C15H17N3O3S. The average molecular weight is 319 g/mol. The van der Waals surface area contributed by atoms with Gasteiger partial charge in [-0.25, -0.2) is 8.42 Å². The summed E-state index contributed by atoms with van der Waals surface area (Å²) in [5.41, 5.74) is 1.44. The quantitative estimate of drug-likeness (QED) is 0.851. The van der Waals surface area contributed by atoms with Gasteiger partial charge in [0.25, 0.3) is 0 Å². The third-order valence-corrected chi connectivity index (χ3v) is 5.34. The first kappa shape index (κ1) is 15.1. The molecule has 1 aliphatic rings. The van der Waals surface area contributed by atoms with Gasteiger partial charge in [0, 0.05) is 25.5 Å². The predicted molar refractivity (Wildman–Crippen MR) is 81.4 cm³/mol. The van der Waals surface area contributed by atoms with Gasteiger partial charge in [0.05, 0.1) is 24.3 Å². The van der Waals surface area contributed by atoms with E-state index in [9.17, 15) is 8.42 Å². The molecule has 0 amide bonds. The highest BCUT2D eigenvalue weighted by Crippen LogP contribution is 2.23. The van der Waals surface area contributed by atoms with E-state index in [2.05, 4.69) is 9.97 Å². The summed E-state index contributed by atoms with van der Waals surface area (Å²) in [7, 11) is -3.37. The molecule has 2 aromatic rings. The van der Waals surface area contributed by atoms with Crippen LogP contribution in [0, 0.1) is 0 Å². The molecule has 7 heteroatoms. The van der Waals surface area contributed by atoms with E-state index in [-0.39, 0.29) is 18.4 Å². The van der Waals surface area contributed by atoms with Crippen LogP contribution in [0.3, 0.4) is 0 Å². The maximum atomic E-state index is 12.6. The minimum absolute atomic E-state index is 0.00102. The smallest absolute Gasteiger partial charge is 0.218 e. The van der Waals surface area contributed by atoms with E-state index in [0.717, 1.165) is 5.56 Å². The summed E-state index contributed by atoms with van der Waals surface area (Å²) in [6.45, 7) is 0.995. The number of ether oxygens (including phenoxy) is 1. The van der Waals surface area contributed by atoms with E-state index >= 15 is 0 Å². The zero-order valence-corrected chi connectivity index (χ0v) is 12.8. The fourth-order valence-corrected chi connectivity index (χ4v) is 3.92. The second-order valence-electron chi connectivity index (χ2n) is 5.09. The SMILES string of the molecule is O=S(=O)(Cc1ccccc1)N1CCOC(c2cnccn2)C1. The summed E-state index contributed by atoms with van der Waals surface area (Å²) in [5.74, 6) is 0.00102. The summed E-state index contributed by atoms with van der Waals surface area (Å²) >= 11 is 0. The molecule has 116 valence electrons. The number of rotatable bonds is 4. The number of morpholine rings is 1. The van der Waals surface area contributed by atoms with E-state index in [1.165, 1.54) is 4.31 Å². The highest BCUT2D eigenvalue weighted by atomic mass is 32.2. The molecule has 2 heterocycles. The topological polar surface area (TPSA) is 72.4 Å². The van der Waals surface area contributed by atoms with Crippen molar-refractivity contribution in [3.63, 3.8) is 0 Å². The lowest BCUT2D eigenvalue weighted by Crippen LogP contribution is -2.42. The lowest BCUT2D eigenvalue weighted by atomic mass is 10.2. The Morgan fingerprint density at radius 3 is 2.77 bits per heavy atom. The molecule has 0 saturated carbocycles. The summed E-state index contributed by atoms with van der Waals surface area (Å²) in [5, 5.41) is 0. The number of sulfonamides is 1. The molecule has 1 saturated heterocycles. The minimum Gasteiger partial charge on any atom is -0.369 e. The third-order valence-electron chi connectivity index (χ3n) is 3.53. The van der Waals surface area contributed by atoms with Crippen LogP contribution in [0.4, 0.5) is 0 Å². The summed E-state index contributed by atoms with van der Waals surface area (Å²) in [6.07, 6.45) is 4.40. The van der Waals surface area contributed by atoms with Gasteiger partial charge in [0.15, 0.2) is 0 Å². The second kappa shape index (κ2) is 6.51. The fourth-order valence-electron chi connectivity index (χ4n) is 2.41. The van der Waals surface area contributed by atoms with Crippen molar-refractivity contribution in [2.45, 2.75) is 11.9 Å². The Bertz CT molecular complexity index is 707. The molecule has 0 N–H and O–H groups in total. The lowest BCUT2D eigenvalue weighted by molar-refractivity contribution is -0.00519. The normalized spacial score (nSPS) is 19.9. The van der Waals surface area contributed by atoms with Crippen LogP contribution in [-0.2, 0) is 20.5 Å². The fraction of sp³-hybridized carbons (Fsp3) is 0.333. The van der Waals surface area contributed by atoms with Crippen LogP contribution in [0.5, 0.6) is 0 Å². The summed E-state index contributed by atoms with van der Waals surface area (Å²) in [6, 6.07) is 9.18. The molecular weight excluding hydrogens is 302 g/mol. The van der Waals surface area contributed by atoms with Gasteiger partial charge in [0.2, 0.25) is 10.0 Å². The Labute approximate surface area is 129 Å². The van der Waals surface area contributed by atoms with Gasteiger partial charge >= 0.3 is 0 Å². The molecule has 0 spiro atoms. The van der Waals surface area contributed by atoms with Crippen LogP contribution in [0.15, 0.2) is 48.9 Å². The van der Waals surface area contributed by atoms with Crippen molar-refractivity contribution in [2.24, 2.45) is 0 Å². The van der Waals surface area contributed by atoms with Gasteiger partial charge in [0.1, 0.15) is 6.10 Å². The van der Waals surface area contributed by atoms with E-state index in [1.54, 1.807) is 18.6 Å². The maximum Gasteiger partial charge on any atom is 0.218 e.